The van der Waals surface area contributed by atoms with Crippen molar-refractivity contribution in [3.8, 4) is 5.88 Å². The molecule has 102 valence electrons. The number of nitrogens with one attached hydrogen (secondary N) is 1. The van der Waals surface area contributed by atoms with Crippen LogP contribution in [0.25, 0.3) is 0 Å². The Kier molecular flexibility index (Phi) is 8.30. The monoisotopic (exact) mass is 271 g/mol. The Hall–Kier alpha value is -1.03. The van der Waals surface area contributed by atoms with Gasteiger partial charge in [-0.25, -0.2) is 9.97 Å². The molecule has 1 rings (SSSR count). The number of anilines is 1. The Morgan fingerprint density at radius 2 is 2.06 bits per heavy atom. The van der Waals surface area contributed by atoms with Crippen molar-refractivity contribution in [2.24, 2.45) is 0 Å². The van der Waals surface area contributed by atoms with Crippen LogP contribution in [0.3, 0.4) is 0 Å². The molecule has 0 radical (unpaired) electrons. The summed E-state index contributed by atoms with van der Waals surface area (Å²) >= 11 is 5.62. The normalized spacial score (nSPS) is 10.3. The Bertz CT molecular complexity index is 323. The van der Waals surface area contributed by atoms with Crippen molar-refractivity contribution in [1.82, 2.24) is 9.97 Å². The van der Waals surface area contributed by atoms with Crippen LogP contribution in [0, 0.1) is 0 Å². The molecule has 0 fully saturated rings. The van der Waals surface area contributed by atoms with Crippen LogP contribution in [0.1, 0.15) is 39.0 Å². The summed E-state index contributed by atoms with van der Waals surface area (Å²) in [6.45, 7) is 3.68. The van der Waals surface area contributed by atoms with Gasteiger partial charge in [-0.3, -0.25) is 0 Å². The molecule has 0 aromatic carbocycles. The second-order valence-corrected chi connectivity index (χ2v) is 4.50. The number of halogens is 1. The summed E-state index contributed by atoms with van der Waals surface area (Å²) in [7, 11) is 0. The maximum absolute atomic E-state index is 5.62. The average Bonchev–Trinajstić information content (AvgIpc) is 2.41. The number of nitrogens with zero attached hydrogens (tertiary/aromatic N) is 2. The molecule has 0 bridgehead atoms. The molecule has 4 nitrogen and oxygen atoms in total. The summed E-state index contributed by atoms with van der Waals surface area (Å²) in [6.07, 6.45) is 7.13. The van der Waals surface area contributed by atoms with Crippen LogP contribution in [0.2, 0.25) is 0 Å². The van der Waals surface area contributed by atoms with Gasteiger partial charge in [-0.15, -0.1) is 11.6 Å². The van der Waals surface area contributed by atoms with E-state index in [1.54, 1.807) is 0 Å². The van der Waals surface area contributed by atoms with Gasteiger partial charge in [-0.05, 0) is 19.3 Å². The Labute approximate surface area is 114 Å². The van der Waals surface area contributed by atoms with Crippen LogP contribution in [0.4, 0.5) is 5.82 Å². The van der Waals surface area contributed by atoms with Gasteiger partial charge < -0.3 is 10.1 Å². The highest BCUT2D eigenvalue weighted by atomic mass is 35.5. The first-order chi connectivity index (χ1) is 8.86. The molecule has 0 saturated carbocycles. The summed E-state index contributed by atoms with van der Waals surface area (Å²) in [5, 5.41) is 3.27. The Balaban J connectivity index is 2.20. The number of unbranched alkanes of at least 4 members (excludes halogenated alkanes) is 3. The van der Waals surface area contributed by atoms with E-state index >= 15 is 0 Å². The lowest BCUT2D eigenvalue weighted by Crippen LogP contribution is -2.05. The molecule has 1 aromatic rings. The highest BCUT2D eigenvalue weighted by Crippen LogP contribution is 2.11. The minimum atomic E-state index is 0.636. The van der Waals surface area contributed by atoms with Gasteiger partial charge in [0, 0.05) is 18.5 Å². The molecule has 0 amide bonds. The van der Waals surface area contributed by atoms with Gasteiger partial charge in [0.2, 0.25) is 5.88 Å². The van der Waals surface area contributed by atoms with E-state index in [0.717, 1.165) is 37.5 Å². The molecule has 0 aliphatic heterocycles. The van der Waals surface area contributed by atoms with Crippen molar-refractivity contribution < 1.29 is 4.74 Å². The molecule has 18 heavy (non-hydrogen) atoms. The largest absolute Gasteiger partial charge is 0.478 e. The lowest BCUT2D eigenvalue weighted by molar-refractivity contribution is 0.305. The first kappa shape index (κ1) is 15.0. The summed E-state index contributed by atoms with van der Waals surface area (Å²) in [4.78, 5) is 8.22. The zero-order valence-corrected chi connectivity index (χ0v) is 11.7. The van der Waals surface area contributed by atoms with E-state index in [4.69, 9.17) is 16.3 Å². The van der Waals surface area contributed by atoms with E-state index in [0.29, 0.717) is 12.5 Å². The molecule has 0 atom stereocenters. The van der Waals surface area contributed by atoms with Crippen LogP contribution in [-0.4, -0.2) is 29.0 Å². The van der Waals surface area contributed by atoms with E-state index in [1.165, 1.54) is 19.2 Å². The predicted octanol–water partition coefficient (Wildman–Crippen LogP) is 3.48. The third-order valence-electron chi connectivity index (χ3n) is 2.46. The van der Waals surface area contributed by atoms with Gasteiger partial charge in [0.05, 0.1) is 6.61 Å². The molecule has 5 heteroatoms. The molecule has 0 unspecified atom stereocenters. The smallest absolute Gasteiger partial charge is 0.218 e. The second-order valence-electron chi connectivity index (χ2n) is 4.12. The molecular weight excluding hydrogens is 250 g/mol. The van der Waals surface area contributed by atoms with Crippen LogP contribution < -0.4 is 10.1 Å². The van der Waals surface area contributed by atoms with Gasteiger partial charge in [-0.2, -0.15) is 0 Å². The standard InChI is InChI=1S/C13H22ClN3O/c1-2-9-18-13-10-12(16-11-17-13)15-8-6-4-3-5-7-14/h10-11H,2-9H2,1H3,(H,15,16,17). The Morgan fingerprint density at radius 1 is 1.22 bits per heavy atom. The number of aromatic nitrogens is 2. The van der Waals surface area contributed by atoms with E-state index in [2.05, 4.69) is 22.2 Å². The summed E-state index contributed by atoms with van der Waals surface area (Å²) in [5.41, 5.74) is 0. The molecule has 1 aromatic heterocycles. The number of alkyl halides is 1. The lowest BCUT2D eigenvalue weighted by atomic mass is 10.2. The van der Waals surface area contributed by atoms with E-state index in [9.17, 15) is 0 Å². The lowest BCUT2D eigenvalue weighted by Gasteiger charge is -2.07. The van der Waals surface area contributed by atoms with Crippen LogP contribution in [-0.2, 0) is 0 Å². The van der Waals surface area contributed by atoms with Crippen molar-refractivity contribution in [3.63, 3.8) is 0 Å². The molecular formula is C13H22ClN3O. The molecule has 0 aliphatic carbocycles. The third-order valence-corrected chi connectivity index (χ3v) is 2.73. The minimum absolute atomic E-state index is 0.636. The van der Waals surface area contributed by atoms with Gasteiger partial charge >= 0.3 is 0 Å². The SMILES string of the molecule is CCCOc1cc(NCCCCCCCl)ncn1. The van der Waals surface area contributed by atoms with Gasteiger partial charge in [0.25, 0.3) is 0 Å². The first-order valence-corrected chi connectivity index (χ1v) is 7.15. The number of rotatable bonds is 10. The van der Waals surface area contributed by atoms with Crippen LogP contribution in [0.15, 0.2) is 12.4 Å². The second kappa shape index (κ2) is 9.95. The number of ether oxygens (including phenoxy) is 1. The first-order valence-electron chi connectivity index (χ1n) is 6.61. The summed E-state index contributed by atoms with van der Waals surface area (Å²) < 4.78 is 5.45. The van der Waals surface area contributed by atoms with Crippen LogP contribution in [0.5, 0.6) is 5.88 Å². The molecule has 0 saturated heterocycles. The maximum atomic E-state index is 5.62. The van der Waals surface area contributed by atoms with Crippen molar-refractivity contribution in [2.45, 2.75) is 39.0 Å². The third kappa shape index (κ3) is 6.64. The van der Waals surface area contributed by atoms with Crippen LogP contribution >= 0.6 is 11.6 Å². The molecule has 0 spiro atoms. The fourth-order valence-electron chi connectivity index (χ4n) is 1.51. The highest BCUT2D eigenvalue weighted by molar-refractivity contribution is 6.17. The van der Waals surface area contributed by atoms with Crippen molar-refractivity contribution in [2.75, 3.05) is 24.3 Å². The quantitative estimate of drug-likeness (QED) is 0.523. The average molecular weight is 272 g/mol. The number of hydrogen-bond donors (Lipinski definition) is 1. The maximum Gasteiger partial charge on any atom is 0.218 e. The minimum Gasteiger partial charge on any atom is -0.478 e. The van der Waals surface area contributed by atoms with E-state index < -0.39 is 0 Å². The van der Waals surface area contributed by atoms with Gasteiger partial charge in [0.15, 0.2) is 0 Å². The number of hydrogen-bond acceptors (Lipinski definition) is 4. The van der Waals surface area contributed by atoms with Gasteiger partial charge in [0.1, 0.15) is 12.1 Å². The molecule has 0 aliphatic rings. The zero-order valence-electron chi connectivity index (χ0n) is 11.0. The molecule has 1 heterocycles. The van der Waals surface area contributed by atoms with Gasteiger partial charge in [-0.1, -0.05) is 19.8 Å². The topological polar surface area (TPSA) is 47.0 Å². The molecule has 1 N–H and O–H groups in total. The predicted molar refractivity (Wildman–Crippen MR) is 75.5 cm³/mol. The zero-order chi connectivity index (χ0) is 13.1. The summed E-state index contributed by atoms with van der Waals surface area (Å²) in [6, 6.07) is 1.84. The van der Waals surface area contributed by atoms with Crippen molar-refractivity contribution in [3.05, 3.63) is 12.4 Å². The fourth-order valence-corrected chi connectivity index (χ4v) is 1.70. The van der Waals surface area contributed by atoms with E-state index in [-0.39, 0.29) is 0 Å². The summed E-state index contributed by atoms with van der Waals surface area (Å²) in [5.74, 6) is 2.22. The highest BCUT2D eigenvalue weighted by Gasteiger charge is 1.98. The van der Waals surface area contributed by atoms with Crippen molar-refractivity contribution >= 4 is 17.4 Å². The van der Waals surface area contributed by atoms with E-state index in [1.807, 2.05) is 6.07 Å². The Morgan fingerprint density at radius 3 is 2.83 bits per heavy atom. The van der Waals surface area contributed by atoms with Crippen molar-refractivity contribution in [1.29, 1.82) is 0 Å². The fraction of sp³-hybridized carbons (Fsp3) is 0.692.